The molecule has 1 rings (SSSR count). The Labute approximate surface area is 72.3 Å². The monoisotopic (exact) mass is 172 g/mol. The van der Waals surface area contributed by atoms with Crippen LogP contribution >= 0.6 is 0 Å². The first-order valence-electron chi connectivity index (χ1n) is 4.46. The van der Waals surface area contributed by atoms with Crippen molar-refractivity contribution in [2.75, 3.05) is 19.7 Å². The third-order valence-electron chi connectivity index (χ3n) is 2.01. The van der Waals surface area contributed by atoms with Crippen molar-refractivity contribution in [1.82, 2.24) is 10.6 Å². The molecule has 12 heavy (non-hydrogen) atoms. The summed E-state index contributed by atoms with van der Waals surface area (Å²) in [4.78, 5) is 11.2. The molecule has 1 aliphatic heterocycles. The van der Waals surface area contributed by atoms with Gasteiger partial charge in [-0.2, -0.15) is 0 Å². The van der Waals surface area contributed by atoms with Gasteiger partial charge in [0.05, 0.1) is 6.04 Å². The summed E-state index contributed by atoms with van der Waals surface area (Å²) in [6, 6.07) is -0.0368. The first-order chi connectivity index (χ1) is 5.84. The molecule has 1 fully saturated rings. The number of hydrogen-bond acceptors (Lipinski definition) is 3. The van der Waals surface area contributed by atoms with Crippen LogP contribution in [0.4, 0.5) is 0 Å². The average molecular weight is 172 g/mol. The minimum atomic E-state index is -0.0368. The van der Waals surface area contributed by atoms with Gasteiger partial charge in [0.25, 0.3) is 0 Å². The third kappa shape index (κ3) is 2.79. The summed E-state index contributed by atoms with van der Waals surface area (Å²) in [6.07, 6.45) is 2.67. The van der Waals surface area contributed by atoms with E-state index in [0.717, 1.165) is 19.4 Å². The molecule has 1 aliphatic rings. The molecule has 1 amide bonds. The molecule has 1 heterocycles. The van der Waals surface area contributed by atoms with Gasteiger partial charge in [0, 0.05) is 13.2 Å². The fourth-order valence-electron chi connectivity index (χ4n) is 1.32. The van der Waals surface area contributed by atoms with E-state index in [2.05, 4.69) is 10.6 Å². The summed E-state index contributed by atoms with van der Waals surface area (Å²) in [5.41, 5.74) is 0. The van der Waals surface area contributed by atoms with Gasteiger partial charge in [0.1, 0.15) is 0 Å². The largest absolute Gasteiger partial charge is 0.396 e. The highest BCUT2D eigenvalue weighted by Crippen LogP contribution is 2.02. The molecule has 1 atom stereocenters. The number of carbonyl (C=O) groups is 1. The third-order valence-corrected chi connectivity index (χ3v) is 2.01. The van der Waals surface area contributed by atoms with Gasteiger partial charge < -0.3 is 15.7 Å². The van der Waals surface area contributed by atoms with Gasteiger partial charge in [-0.25, -0.2) is 0 Å². The lowest BCUT2D eigenvalue weighted by atomic mass is 10.1. The summed E-state index contributed by atoms with van der Waals surface area (Å²) in [5.74, 6) is 0.0965. The molecule has 4 nitrogen and oxygen atoms in total. The van der Waals surface area contributed by atoms with Gasteiger partial charge in [-0.1, -0.05) is 0 Å². The van der Waals surface area contributed by atoms with Gasteiger partial charge in [-0.05, 0) is 25.8 Å². The van der Waals surface area contributed by atoms with Crippen molar-refractivity contribution in [3.63, 3.8) is 0 Å². The molecule has 0 aromatic carbocycles. The second-order valence-electron chi connectivity index (χ2n) is 3.02. The van der Waals surface area contributed by atoms with E-state index < -0.39 is 0 Å². The highest BCUT2D eigenvalue weighted by atomic mass is 16.3. The molecule has 0 saturated carbocycles. The molecule has 3 N–H and O–H groups in total. The van der Waals surface area contributed by atoms with E-state index in [4.69, 9.17) is 5.11 Å². The van der Waals surface area contributed by atoms with Crippen molar-refractivity contribution in [2.45, 2.75) is 25.3 Å². The summed E-state index contributed by atoms with van der Waals surface area (Å²) in [6.45, 7) is 1.70. The van der Waals surface area contributed by atoms with E-state index in [1.54, 1.807) is 0 Å². The molecule has 4 heteroatoms. The molecule has 0 bridgehead atoms. The van der Waals surface area contributed by atoms with Crippen LogP contribution in [0.3, 0.4) is 0 Å². The number of aliphatic hydroxyl groups excluding tert-OH is 1. The van der Waals surface area contributed by atoms with Gasteiger partial charge >= 0.3 is 0 Å². The fraction of sp³-hybridized carbons (Fsp3) is 0.875. The molecule has 0 aromatic rings. The first kappa shape index (κ1) is 9.48. The number of amides is 1. The van der Waals surface area contributed by atoms with E-state index >= 15 is 0 Å². The van der Waals surface area contributed by atoms with Crippen molar-refractivity contribution in [3.8, 4) is 0 Å². The van der Waals surface area contributed by atoms with Gasteiger partial charge in [0.2, 0.25) is 5.91 Å². The number of aliphatic hydroxyl groups is 1. The highest BCUT2D eigenvalue weighted by Gasteiger charge is 2.20. The predicted molar refractivity (Wildman–Crippen MR) is 45.7 cm³/mol. The van der Waals surface area contributed by atoms with Crippen LogP contribution in [0.2, 0.25) is 0 Å². The maximum Gasteiger partial charge on any atom is 0.237 e. The first-order valence-corrected chi connectivity index (χ1v) is 4.46. The predicted octanol–water partition coefficient (Wildman–Crippen LogP) is -0.763. The lowest BCUT2D eigenvalue weighted by molar-refractivity contribution is -0.124. The van der Waals surface area contributed by atoms with Crippen molar-refractivity contribution in [3.05, 3.63) is 0 Å². The van der Waals surface area contributed by atoms with Crippen molar-refractivity contribution >= 4 is 5.91 Å². The zero-order valence-corrected chi connectivity index (χ0v) is 7.18. The zero-order valence-electron chi connectivity index (χ0n) is 7.18. The Bertz CT molecular complexity index is 150. The summed E-state index contributed by atoms with van der Waals surface area (Å²) < 4.78 is 0. The van der Waals surface area contributed by atoms with Crippen LogP contribution in [0.5, 0.6) is 0 Å². The molecular formula is C8H16N2O2. The Balaban J connectivity index is 2.16. The number of carbonyl (C=O) groups excluding carboxylic acids is 1. The Morgan fingerprint density at radius 3 is 3.17 bits per heavy atom. The minimum absolute atomic E-state index is 0.0368. The molecule has 1 saturated heterocycles. The molecule has 70 valence electrons. The van der Waals surface area contributed by atoms with E-state index in [9.17, 15) is 4.79 Å². The lowest BCUT2D eigenvalue weighted by Crippen LogP contribution is -2.48. The molecule has 0 aliphatic carbocycles. The van der Waals surface area contributed by atoms with E-state index in [-0.39, 0.29) is 18.6 Å². The maximum absolute atomic E-state index is 11.2. The molecule has 1 unspecified atom stereocenters. The van der Waals surface area contributed by atoms with Crippen LogP contribution in [0.25, 0.3) is 0 Å². The number of piperidine rings is 1. The van der Waals surface area contributed by atoms with Gasteiger partial charge in [-0.3, -0.25) is 4.79 Å². The van der Waals surface area contributed by atoms with Crippen molar-refractivity contribution in [2.24, 2.45) is 0 Å². The van der Waals surface area contributed by atoms with Crippen LogP contribution in [-0.4, -0.2) is 36.8 Å². The molecular weight excluding hydrogens is 156 g/mol. The Morgan fingerprint density at radius 2 is 2.50 bits per heavy atom. The van der Waals surface area contributed by atoms with Gasteiger partial charge in [0.15, 0.2) is 0 Å². The second kappa shape index (κ2) is 5.11. The van der Waals surface area contributed by atoms with E-state index in [1.807, 2.05) is 0 Å². The molecule has 0 spiro atoms. The topological polar surface area (TPSA) is 61.4 Å². The van der Waals surface area contributed by atoms with Gasteiger partial charge in [-0.15, -0.1) is 0 Å². The lowest BCUT2D eigenvalue weighted by Gasteiger charge is -2.22. The van der Waals surface area contributed by atoms with Crippen LogP contribution in [0.15, 0.2) is 0 Å². The Hall–Kier alpha value is -0.610. The average Bonchev–Trinajstić information content (AvgIpc) is 2.09. The second-order valence-corrected chi connectivity index (χ2v) is 3.02. The maximum atomic E-state index is 11.2. The van der Waals surface area contributed by atoms with Crippen LogP contribution in [-0.2, 0) is 4.79 Å². The highest BCUT2D eigenvalue weighted by molar-refractivity contribution is 5.82. The fourth-order valence-corrected chi connectivity index (χ4v) is 1.32. The van der Waals surface area contributed by atoms with Crippen LogP contribution in [0.1, 0.15) is 19.3 Å². The molecule has 0 aromatic heterocycles. The summed E-state index contributed by atoms with van der Waals surface area (Å²) in [7, 11) is 0. The standard InChI is InChI=1S/C8H16N2O2/c11-6-2-5-9-7-3-1-4-10-8(7)12/h7,9,11H,1-6H2,(H,10,12). The number of rotatable bonds is 4. The van der Waals surface area contributed by atoms with Crippen LogP contribution < -0.4 is 10.6 Å². The van der Waals surface area contributed by atoms with Crippen molar-refractivity contribution in [1.29, 1.82) is 0 Å². The van der Waals surface area contributed by atoms with Crippen LogP contribution in [0, 0.1) is 0 Å². The summed E-state index contributed by atoms with van der Waals surface area (Å²) in [5, 5.41) is 14.4. The van der Waals surface area contributed by atoms with E-state index in [0.29, 0.717) is 13.0 Å². The summed E-state index contributed by atoms with van der Waals surface area (Å²) >= 11 is 0. The number of nitrogens with one attached hydrogen (secondary N) is 2. The molecule has 0 radical (unpaired) electrons. The minimum Gasteiger partial charge on any atom is -0.396 e. The zero-order chi connectivity index (χ0) is 8.81. The Kier molecular flexibility index (Phi) is 4.04. The normalized spacial score (nSPS) is 23.8. The van der Waals surface area contributed by atoms with E-state index in [1.165, 1.54) is 0 Å². The quantitative estimate of drug-likeness (QED) is 0.488. The smallest absolute Gasteiger partial charge is 0.237 e. The SMILES string of the molecule is O=C1NCCCC1NCCCO. The number of hydrogen-bond donors (Lipinski definition) is 3. The van der Waals surface area contributed by atoms with Crippen molar-refractivity contribution < 1.29 is 9.90 Å². The Morgan fingerprint density at radius 1 is 1.67 bits per heavy atom.